The van der Waals surface area contributed by atoms with Crippen molar-refractivity contribution in [2.24, 2.45) is 0 Å². The van der Waals surface area contributed by atoms with Crippen molar-refractivity contribution in [1.29, 1.82) is 0 Å². The van der Waals surface area contributed by atoms with Crippen LogP contribution in [0.2, 0.25) is 0 Å². The summed E-state index contributed by atoms with van der Waals surface area (Å²) in [6, 6.07) is 21.1. The van der Waals surface area contributed by atoms with Crippen LogP contribution in [0.25, 0.3) is 56.1 Å². The number of nitrogens with one attached hydrogen (secondary N) is 3. The zero-order valence-corrected chi connectivity index (χ0v) is 21.0. The number of carbonyl (C=O) groups excluding carboxylic acids is 1. The second-order valence-corrected chi connectivity index (χ2v) is 9.22. The van der Waals surface area contributed by atoms with Gasteiger partial charge in [-0.15, -0.1) is 0 Å². The van der Waals surface area contributed by atoms with Gasteiger partial charge in [0.25, 0.3) is 0 Å². The number of anilines is 1. The van der Waals surface area contributed by atoms with Crippen molar-refractivity contribution in [3.05, 3.63) is 103 Å². The van der Waals surface area contributed by atoms with Crippen molar-refractivity contribution in [2.45, 2.75) is 6.42 Å². The van der Waals surface area contributed by atoms with E-state index in [-0.39, 0.29) is 12.3 Å². The first kappa shape index (κ1) is 23.4. The number of aromatic nitrogens is 8. The summed E-state index contributed by atoms with van der Waals surface area (Å²) in [5.74, 6) is 0.462. The van der Waals surface area contributed by atoms with Crippen LogP contribution in [0, 0.1) is 0 Å². The van der Waals surface area contributed by atoms with Gasteiger partial charge in [0.15, 0.2) is 11.5 Å². The van der Waals surface area contributed by atoms with Gasteiger partial charge in [-0.25, -0.2) is 9.97 Å². The molecule has 1 amide bonds. The highest BCUT2D eigenvalue weighted by Crippen LogP contribution is 2.31. The number of carbonyl (C=O) groups is 1. The molecule has 0 aliphatic heterocycles. The Morgan fingerprint density at radius 2 is 1.75 bits per heavy atom. The average molecular weight is 524 g/mol. The number of hydrogen-bond donors (Lipinski definition) is 3. The Balaban J connectivity index is 1.21. The molecule has 0 aliphatic rings. The third-order valence-electron chi connectivity index (χ3n) is 6.53. The highest BCUT2D eigenvalue weighted by molar-refractivity contribution is 5.97. The molecule has 0 saturated carbocycles. The number of aromatic amines is 2. The second kappa shape index (κ2) is 9.84. The van der Waals surface area contributed by atoms with E-state index in [1.54, 1.807) is 31.0 Å². The maximum Gasteiger partial charge on any atom is 0.228 e. The molecule has 0 radical (unpaired) electrons. The fourth-order valence-electron chi connectivity index (χ4n) is 4.65. The third-order valence-corrected chi connectivity index (χ3v) is 6.53. The van der Waals surface area contributed by atoms with Crippen LogP contribution in [-0.4, -0.2) is 46.0 Å². The Morgan fingerprint density at radius 1 is 0.850 bits per heavy atom. The van der Waals surface area contributed by atoms with Crippen molar-refractivity contribution in [1.82, 2.24) is 40.1 Å². The lowest BCUT2D eigenvalue weighted by atomic mass is 10.1. The molecule has 0 fully saturated rings. The molecule has 7 aromatic rings. The topological polar surface area (TPSA) is 138 Å². The molecule has 0 atom stereocenters. The lowest BCUT2D eigenvalue weighted by Crippen LogP contribution is -2.14. The summed E-state index contributed by atoms with van der Waals surface area (Å²) in [6.45, 7) is 0. The summed E-state index contributed by atoms with van der Waals surface area (Å²) in [6.07, 6.45) is 8.82. The van der Waals surface area contributed by atoms with Crippen LogP contribution in [0.1, 0.15) is 5.56 Å². The Labute approximate surface area is 227 Å². The number of fused-ring (bicyclic) bond motifs is 2. The van der Waals surface area contributed by atoms with Gasteiger partial charge in [-0.1, -0.05) is 36.4 Å². The normalized spacial score (nSPS) is 11.2. The minimum Gasteiger partial charge on any atom is -0.335 e. The SMILES string of the molecule is O=C(Cc1ccccc1)Nc1cncc(-c2cc3c(-c4nc5nccc(-c6ccccn6)c5[nH]4)n[nH]c3cn2)c1. The van der Waals surface area contributed by atoms with Crippen molar-refractivity contribution in [2.75, 3.05) is 5.32 Å². The van der Waals surface area contributed by atoms with Gasteiger partial charge < -0.3 is 10.3 Å². The van der Waals surface area contributed by atoms with E-state index in [1.807, 2.05) is 66.7 Å². The largest absolute Gasteiger partial charge is 0.335 e. The maximum absolute atomic E-state index is 12.6. The van der Waals surface area contributed by atoms with Crippen molar-refractivity contribution < 1.29 is 4.79 Å². The number of nitrogens with zero attached hydrogens (tertiary/aromatic N) is 6. The van der Waals surface area contributed by atoms with Crippen molar-refractivity contribution >= 4 is 33.7 Å². The van der Waals surface area contributed by atoms with E-state index in [0.29, 0.717) is 28.5 Å². The van der Waals surface area contributed by atoms with Gasteiger partial charge in [0.1, 0.15) is 5.69 Å². The fraction of sp³-hybridized carbons (Fsp3) is 0.0333. The van der Waals surface area contributed by atoms with Crippen LogP contribution >= 0.6 is 0 Å². The monoisotopic (exact) mass is 523 g/mol. The van der Waals surface area contributed by atoms with E-state index in [0.717, 1.165) is 38.8 Å². The van der Waals surface area contributed by atoms with E-state index < -0.39 is 0 Å². The van der Waals surface area contributed by atoms with E-state index in [9.17, 15) is 4.79 Å². The van der Waals surface area contributed by atoms with Crippen LogP contribution in [0.5, 0.6) is 0 Å². The molecule has 3 N–H and O–H groups in total. The number of pyridine rings is 4. The van der Waals surface area contributed by atoms with Gasteiger partial charge in [0.2, 0.25) is 5.91 Å². The fourth-order valence-corrected chi connectivity index (χ4v) is 4.65. The molecule has 0 bridgehead atoms. The molecule has 7 rings (SSSR count). The molecule has 0 saturated heterocycles. The first-order chi connectivity index (χ1) is 19.7. The number of amides is 1. The quantitative estimate of drug-likeness (QED) is 0.272. The first-order valence-corrected chi connectivity index (χ1v) is 12.6. The van der Waals surface area contributed by atoms with Gasteiger partial charge in [-0.2, -0.15) is 5.10 Å². The summed E-state index contributed by atoms with van der Waals surface area (Å²) in [5, 5.41) is 11.3. The molecule has 0 spiro atoms. The van der Waals surface area contributed by atoms with E-state index >= 15 is 0 Å². The van der Waals surface area contributed by atoms with Crippen molar-refractivity contribution in [3.8, 4) is 34.0 Å². The smallest absolute Gasteiger partial charge is 0.228 e. The van der Waals surface area contributed by atoms with Crippen LogP contribution in [0.15, 0.2) is 97.7 Å². The van der Waals surface area contributed by atoms with Crippen LogP contribution < -0.4 is 5.32 Å². The second-order valence-electron chi connectivity index (χ2n) is 9.22. The Kier molecular flexibility index (Phi) is 5.74. The minimum atomic E-state index is -0.116. The van der Waals surface area contributed by atoms with E-state index in [2.05, 4.69) is 40.4 Å². The van der Waals surface area contributed by atoms with Crippen LogP contribution in [0.3, 0.4) is 0 Å². The number of hydrogen-bond acceptors (Lipinski definition) is 7. The molecular weight excluding hydrogens is 502 g/mol. The molecule has 6 aromatic heterocycles. The number of benzene rings is 1. The molecule has 10 heteroatoms. The molecular formula is C30H21N9O. The molecule has 40 heavy (non-hydrogen) atoms. The lowest BCUT2D eigenvalue weighted by molar-refractivity contribution is -0.115. The highest BCUT2D eigenvalue weighted by atomic mass is 16.1. The first-order valence-electron chi connectivity index (χ1n) is 12.6. The van der Waals surface area contributed by atoms with Gasteiger partial charge in [0, 0.05) is 35.1 Å². The zero-order chi connectivity index (χ0) is 26.9. The molecule has 0 aliphatic carbocycles. The summed E-state index contributed by atoms with van der Waals surface area (Å²) in [7, 11) is 0. The van der Waals surface area contributed by atoms with E-state index in [1.165, 1.54) is 0 Å². The van der Waals surface area contributed by atoms with Gasteiger partial charge in [-0.05, 0) is 35.9 Å². The minimum absolute atomic E-state index is 0.116. The van der Waals surface area contributed by atoms with Crippen LogP contribution in [0.4, 0.5) is 5.69 Å². The Morgan fingerprint density at radius 3 is 2.62 bits per heavy atom. The van der Waals surface area contributed by atoms with Crippen molar-refractivity contribution in [3.63, 3.8) is 0 Å². The van der Waals surface area contributed by atoms with E-state index in [4.69, 9.17) is 4.98 Å². The molecule has 0 unspecified atom stereocenters. The number of imidazole rings is 1. The molecule has 10 nitrogen and oxygen atoms in total. The molecule has 1 aromatic carbocycles. The number of H-pyrrole nitrogens is 2. The molecule has 192 valence electrons. The summed E-state index contributed by atoms with van der Waals surface area (Å²) < 4.78 is 0. The van der Waals surface area contributed by atoms with Crippen LogP contribution in [-0.2, 0) is 11.2 Å². The zero-order valence-electron chi connectivity index (χ0n) is 21.0. The summed E-state index contributed by atoms with van der Waals surface area (Å²) in [5.41, 5.74) is 7.48. The third kappa shape index (κ3) is 4.43. The standard InChI is InChI=1S/C30H21N9O/c40-26(12-18-6-2-1-3-7-18)35-20-13-19(15-31-16-20)24-14-22-25(17-34-24)38-39-28(22)30-36-27-21(9-11-33-29(27)37-30)23-8-4-5-10-32-23/h1-11,13-17H,12H2,(H,35,40)(H,38,39)(H,33,36,37). The Hall–Kier alpha value is -5.77. The highest BCUT2D eigenvalue weighted by Gasteiger charge is 2.17. The molecule has 6 heterocycles. The van der Waals surface area contributed by atoms with Gasteiger partial charge >= 0.3 is 0 Å². The number of rotatable bonds is 6. The predicted molar refractivity (Wildman–Crippen MR) is 152 cm³/mol. The van der Waals surface area contributed by atoms with Gasteiger partial charge in [0.05, 0.1) is 46.9 Å². The Bertz CT molecular complexity index is 1980. The lowest BCUT2D eigenvalue weighted by Gasteiger charge is -2.07. The maximum atomic E-state index is 12.6. The predicted octanol–water partition coefficient (Wildman–Crippen LogP) is 5.20. The summed E-state index contributed by atoms with van der Waals surface area (Å²) >= 11 is 0. The van der Waals surface area contributed by atoms with Gasteiger partial charge in [-0.3, -0.25) is 24.8 Å². The average Bonchev–Trinajstić information content (AvgIpc) is 3.62. The summed E-state index contributed by atoms with van der Waals surface area (Å²) in [4.78, 5) is 38.5.